The Morgan fingerprint density at radius 2 is 2.24 bits per heavy atom. The van der Waals surface area contributed by atoms with E-state index in [0.29, 0.717) is 18.8 Å². The van der Waals surface area contributed by atoms with Crippen molar-refractivity contribution in [3.05, 3.63) is 35.8 Å². The van der Waals surface area contributed by atoms with Crippen LogP contribution in [0.5, 0.6) is 5.75 Å². The predicted molar refractivity (Wildman–Crippen MR) is 114 cm³/mol. The molecule has 29 heavy (non-hydrogen) atoms. The number of β-amino-alcohol motifs (C(OH)–C–C–N with tert-alkyl or cyclic N) is 1. The smallest absolute Gasteiger partial charge is 0.320 e. The summed E-state index contributed by atoms with van der Waals surface area (Å²) in [6, 6.07) is 5.36. The van der Waals surface area contributed by atoms with Gasteiger partial charge in [0.15, 0.2) is 0 Å². The number of urea groups is 1. The van der Waals surface area contributed by atoms with Crippen LogP contribution in [-0.2, 0) is 0 Å². The molecular weight excluding hydrogens is 390 g/mol. The fourth-order valence-corrected chi connectivity index (χ4v) is 4.31. The van der Waals surface area contributed by atoms with E-state index in [1.165, 1.54) is 11.5 Å². The van der Waals surface area contributed by atoms with Gasteiger partial charge in [-0.2, -0.15) is 4.37 Å². The van der Waals surface area contributed by atoms with Gasteiger partial charge >= 0.3 is 6.03 Å². The standard InChI is InChI=1S/C20H29N5O3S/c1-13-9-18(29-24-13)23-19(26)22-17-7-8-25(12-20(2,3)27)11-15(17)16-6-5-14(28-4)10-21-16/h5-6,9-10,15,17,27H,7-8,11-12H2,1-4H3,(H2,22,23,26). The monoisotopic (exact) mass is 419 g/mol. The number of nitrogens with one attached hydrogen (secondary N) is 2. The molecule has 0 radical (unpaired) electrons. The van der Waals surface area contributed by atoms with E-state index < -0.39 is 5.60 Å². The third kappa shape index (κ3) is 6.12. The second-order valence-corrected chi connectivity index (χ2v) is 8.91. The van der Waals surface area contributed by atoms with Gasteiger partial charge in [0.05, 0.1) is 24.6 Å². The van der Waals surface area contributed by atoms with Crippen LogP contribution in [0.2, 0.25) is 0 Å². The number of nitrogens with zero attached hydrogens (tertiary/aromatic N) is 3. The van der Waals surface area contributed by atoms with Gasteiger partial charge in [0, 0.05) is 37.3 Å². The molecule has 3 rings (SSSR count). The van der Waals surface area contributed by atoms with Crippen molar-refractivity contribution in [3.63, 3.8) is 0 Å². The zero-order valence-electron chi connectivity index (χ0n) is 17.3. The van der Waals surface area contributed by atoms with Crippen LogP contribution >= 0.6 is 11.5 Å². The highest BCUT2D eigenvalue weighted by atomic mass is 32.1. The van der Waals surface area contributed by atoms with E-state index in [9.17, 15) is 9.90 Å². The molecule has 0 bridgehead atoms. The van der Waals surface area contributed by atoms with E-state index >= 15 is 0 Å². The maximum absolute atomic E-state index is 12.5. The summed E-state index contributed by atoms with van der Waals surface area (Å²) in [6.07, 6.45) is 2.46. The lowest BCUT2D eigenvalue weighted by Gasteiger charge is -2.40. The second kappa shape index (κ2) is 9.06. The number of ether oxygens (including phenoxy) is 1. The van der Waals surface area contributed by atoms with E-state index in [1.807, 2.05) is 39.0 Å². The van der Waals surface area contributed by atoms with E-state index in [2.05, 4.69) is 24.9 Å². The lowest BCUT2D eigenvalue weighted by atomic mass is 9.88. The van der Waals surface area contributed by atoms with Gasteiger partial charge in [-0.1, -0.05) is 0 Å². The number of pyridine rings is 1. The summed E-state index contributed by atoms with van der Waals surface area (Å²) in [7, 11) is 1.61. The SMILES string of the molecule is COc1ccc(C2CN(CC(C)(C)O)CCC2NC(=O)Nc2cc(C)ns2)nc1. The molecule has 3 heterocycles. The zero-order valence-corrected chi connectivity index (χ0v) is 18.1. The zero-order chi connectivity index (χ0) is 21.0. The number of amides is 2. The van der Waals surface area contributed by atoms with Crippen molar-refractivity contribution in [1.29, 1.82) is 0 Å². The molecule has 1 aliphatic heterocycles. The Morgan fingerprint density at radius 3 is 2.83 bits per heavy atom. The van der Waals surface area contributed by atoms with E-state index in [1.54, 1.807) is 13.3 Å². The van der Waals surface area contributed by atoms with Crippen LogP contribution in [0.15, 0.2) is 24.4 Å². The summed E-state index contributed by atoms with van der Waals surface area (Å²) in [5.74, 6) is 0.701. The number of likely N-dealkylation sites (tertiary alicyclic amines) is 1. The number of hydrogen-bond acceptors (Lipinski definition) is 7. The third-order valence-corrected chi connectivity index (χ3v) is 5.66. The van der Waals surface area contributed by atoms with Crippen molar-refractivity contribution in [2.45, 2.75) is 44.8 Å². The van der Waals surface area contributed by atoms with Gasteiger partial charge in [0.2, 0.25) is 0 Å². The number of carbonyl (C=O) groups is 1. The number of carbonyl (C=O) groups excluding carboxylic acids is 1. The highest BCUT2D eigenvalue weighted by Gasteiger charge is 2.34. The fraction of sp³-hybridized carbons (Fsp3) is 0.550. The predicted octanol–water partition coefficient (Wildman–Crippen LogP) is 2.61. The second-order valence-electron chi connectivity index (χ2n) is 8.10. The minimum absolute atomic E-state index is 0.00551. The fourth-order valence-electron chi connectivity index (χ4n) is 3.65. The van der Waals surface area contributed by atoms with Gasteiger partial charge in [0.25, 0.3) is 0 Å². The highest BCUT2D eigenvalue weighted by Crippen LogP contribution is 2.28. The van der Waals surface area contributed by atoms with Crippen molar-refractivity contribution in [2.24, 2.45) is 0 Å². The Bertz CT molecular complexity index is 818. The van der Waals surface area contributed by atoms with Crippen LogP contribution in [0.3, 0.4) is 0 Å². The first kappa shape index (κ1) is 21.5. The molecule has 0 saturated carbocycles. The molecule has 0 aliphatic carbocycles. The summed E-state index contributed by atoms with van der Waals surface area (Å²) in [6.45, 7) is 7.57. The van der Waals surface area contributed by atoms with Gasteiger partial charge in [-0.3, -0.25) is 15.2 Å². The molecule has 0 spiro atoms. The van der Waals surface area contributed by atoms with Crippen molar-refractivity contribution in [3.8, 4) is 5.75 Å². The molecule has 0 aromatic carbocycles. The Morgan fingerprint density at radius 1 is 1.45 bits per heavy atom. The molecule has 2 unspecified atom stereocenters. The average Bonchev–Trinajstić information content (AvgIpc) is 3.06. The van der Waals surface area contributed by atoms with Crippen molar-refractivity contribution < 1.29 is 14.6 Å². The highest BCUT2D eigenvalue weighted by molar-refractivity contribution is 7.10. The molecule has 3 N–H and O–H groups in total. The number of piperidine rings is 1. The number of hydrogen-bond donors (Lipinski definition) is 3. The van der Waals surface area contributed by atoms with Crippen LogP contribution in [0.1, 0.15) is 37.6 Å². The topological polar surface area (TPSA) is 99.6 Å². The summed E-state index contributed by atoms with van der Waals surface area (Å²) in [5, 5.41) is 16.9. The minimum atomic E-state index is -0.778. The molecule has 1 saturated heterocycles. The molecule has 1 fully saturated rings. The summed E-state index contributed by atoms with van der Waals surface area (Å²) >= 11 is 1.26. The van der Waals surface area contributed by atoms with Crippen molar-refractivity contribution >= 4 is 22.6 Å². The molecule has 9 heteroatoms. The number of anilines is 1. The molecule has 2 atom stereocenters. The average molecular weight is 420 g/mol. The first-order valence-corrected chi connectivity index (χ1v) is 10.5. The quantitative estimate of drug-likeness (QED) is 0.666. The van der Waals surface area contributed by atoms with Crippen LogP contribution in [-0.4, -0.2) is 63.8 Å². The van der Waals surface area contributed by atoms with E-state index in [0.717, 1.165) is 29.4 Å². The number of rotatable bonds is 6. The molecule has 2 aromatic heterocycles. The normalized spacial score (nSPS) is 20.3. The molecule has 2 amide bonds. The van der Waals surface area contributed by atoms with Crippen LogP contribution < -0.4 is 15.4 Å². The number of aliphatic hydroxyl groups is 1. The molecule has 158 valence electrons. The number of aryl methyl sites for hydroxylation is 1. The third-order valence-electron chi connectivity index (χ3n) is 4.86. The summed E-state index contributed by atoms with van der Waals surface area (Å²) < 4.78 is 9.40. The Kier molecular flexibility index (Phi) is 6.71. The van der Waals surface area contributed by atoms with Crippen molar-refractivity contribution in [2.75, 3.05) is 32.1 Å². The molecular formula is C20H29N5O3S. The Labute approximate surface area is 175 Å². The maximum Gasteiger partial charge on any atom is 0.320 e. The van der Waals surface area contributed by atoms with Crippen molar-refractivity contribution in [1.82, 2.24) is 19.6 Å². The van der Waals surface area contributed by atoms with Gasteiger partial charge in [-0.05, 0) is 56.9 Å². The van der Waals surface area contributed by atoms with Gasteiger partial charge in [0.1, 0.15) is 10.8 Å². The van der Waals surface area contributed by atoms with Crippen LogP contribution in [0, 0.1) is 6.92 Å². The van der Waals surface area contributed by atoms with Gasteiger partial charge < -0.3 is 15.2 Å². The van der Waals surface area contributed by atoms with Crippen LogP contribution in [0.4, 0.5) is 9.80 Å². The maximum atomic E-state index is 12.5. The molecule has 8 nitrogen and oxygen atoms in total. The largest absolute Gasteiger partial charge is 0.495 e. The number of methoxy groups -OCH3 is 1. The lowest BCUT2D eigenvalue weighted by Crippen LogP contribution is -2.53. The summed E-state index contributed by atoms with van der Waals surface area (Å²) in [4.78, 5) is 19.3. The first-order valence-electron chi connectivity index (χ1n) is 9.69. The minimum Gasteiger partial charge on any atom is -0.495 e. The van der Waals surface area contributed by atoms with E-state index in [-0.39, 0.29) is 18.0 Å². The van der Waals surface area contributed by atoms with Gasteiger partial charge in [-0.25, -0.2) is 4.79 Å². The van der Waals surface area contributed by atoms with E-state index in [4.69, 9.17) is 4.74 Å². The first-order chi connectivity index (χ1) is 13.7. The molecule has 1 aliphatic rings. The molecule has 2 aromatic rings. The lowest BCUT2D eigenvalue weighted by molar-refractivity contribution is 0.0233. The van der Waals surface area contributed by atoms with Gasteiger partial charge in [-0.15, -0.1) is 0 Å². The number of aromatic nitrogens is 2. The van der Waals surface area contributed by atoms with Crippen LogP contribution in [0.25, 0.3) is 0 Å². The Balaban J connectivity index is 1.73. The Hall–Kier alpha value is -2.23. The summed E-state index contributed by atoms with van der Waals surface area (Å²) in [5.41, 5.74) is 0.996.